The molecule has 0 fully saturated rings. The monoisotopic (exact) mass is 229 g/mol. The van der Waals surface area contributed by atoms with Gasteiger partial charge in [-0.05, 0) is 32.4 Å². The number of hydrogen-bond acceptors (Lipinski definition) is 3. The molecule has 0 unspecified atom stereocenters. The maximum absolute atomic E-state index is 5.91. The molecule has 0 saturated carbocycles. The van der Waals surface area contributed by atoms with E-state index in [9.17, 15) is 0 Å². The summed E-state index contributed by atoms with van der Waals surface area (Å²) in [6.07, 6.45) is 1.15. The predicted octanol–water partition coefficient (Wildman–Crippen LogP) is 3.28. The van der Waals surface area contributed by atoms with Crippen molar-refractivity contribution in [1.29, 1.82) is 0 Å². The molecular formula is C11H19NS2. The molecule has 80 valence electrons. The fraction of sp³-hybridized carbons (Fsp3) is 0.636. The summed E-state index contributed by atoms with van der Waals surface area (Å²) in [7, 11) is 0. The SMILES string of the molecule is CCc1ccc(CSCC(C)(C)N)s1. The Kier molecular flexibility index (Phi) is 4.48. The Bertz CT molecular complexity index is 273. The summed E-state index contributed by atoms with van der Waals surface area (Å²) in [4.78, 5) is 2.95. The van der Waals surface area contributed by atoms with Crippen molar-refractivity contribution in [1.82, 2.24) is 0 Å². The average Bonchev–Trinajstić information content (AvgIpc) is 2.50. The minimum atomic E-state index is -0.0461. The van der Waals surface area contributed by atoms with E-state index in [-0.39, 0.29) is 5.54 Å². The lowest BCUT2D eigenvalue weighted by atomic mass is 10.1. The van der Waals surface area contributed by atoms with Gasteiger partial charge in [-0.15, -0.1) is 11.3 Å². The molecule has 2 N–H and O–H groups in total. The minimum absolute atomic E-state index is 0.0461. The first kappa shape index (κ1) is 12.1. The first-order valence-corrected chi connectivity index (χ1v) is 6.92. The molecule has 0 aliphatic rings. The Balaban J connectivity index is 2.31. The third kappa shape index (κ3) is 4.49. The summed E-state index contributed by atoms with van der Waals surface area (Å²) in [5.41, 5.74) is 5.87. The summed E-state index contributed by atoms with van der Waals surface area (Å²) in [5, 5.41) is 0. The molecule has 1 heterocycles. The molecule has 0 radical (unpaired) electrons. The fourth-order valence-electron chi connectivity index (χ4n) is 1.10. The van der Waals surface area contributed by atoms with Gasteiger partial charge in [0.2, 0.25) is 0 Å². The van der Waals surface area contributed by atoms with Crippen molar-refractivity contribution >= 4 is 23.1 Å². The normalized spacial score (nSPS) is 12.0. The van der Waals surface area contributed by atoms with Crippen LogP contribution in [0.25, 0.3) is 0 Å². The van der Waals surface area contributed by atoms with Gasteiger partial charge in [-0.3, -0.25) is 0 Å². The van der Waals surface area contributed by atoms with E-state index in [1.165, 1.54) is 9.75 Å². The number of rotatable bonds is 5. The Morgan fingerprint density at radius 1 is 1.36 bits per heavy atom. The van der Waals surface area contributed by atoms with Gasteiger partial charge in [-0.2, -0.15) is 11.8 Å². The zero-order valence-corrected chi connectivity index (χ0v) is 10.8. The standard InChI is InChI=1S/C11H19NS2/c1-4-9-5-6-10(14-9)7-13-8-11(2,3)12/h5-6H,4,7-8,12H2,1-3H3. The smallest absolute Gasteiger partial charge is 0.0279 e. The van der Waals surface area contributed by atoms with Crippen LogP contribution in [-0.2, 0) is 12.2 Å². The lowest BCUT2D eigenvalue weighted by molar-refractivity contribution is 0.591. The largest absolute Gasteiger partial charge is 0.325 e. The van der Waals surface area contributed by atoms with Crippen LogP contribution < -0.4 is 5.73 Å². The molecule has 0 saturated heterocycles. The lowest BCUT2D eigenvalue weighted by Crippen LogP contribution is -2.34. The molecule has 0 bridgehead atoms. The van der Waals surface area contributed by atoms with Crippen molar-refractivity contribution in [2.45, 2.75) is 38.5 Å². The molecule has 0 aliphatic heterocycles. The van der Waals surface area contributed by atoms with Gasteiger partial charge in [0.1, 0.15) is 0 Å². The third-order valence-corrected chi connectivity index (χ3v) is 4.66. The lowest BCUT2D eigenvalue weighted by Gasteiger charge is -2.16. The van der Waals surface area contributed by atoms with E-state index in [1.807, 2.05) is 23.1 Å². The van der Waals surface area contributed by atoms with E-state index >= 15 is 0 Å². The van der Waals surface area contributed by atoms with Crippen molar-refractivity contribution in [3.8, 4) is 0 Å². The van der Waals surface area contributed by atoms with E-state index in [1.54, 1.807) is 0 Å². The average molecular weight is 229 g/mol. The topological polar surface area (TPSA) is 26.0 Å². The molecular weight excluding hydrogens is 210 g/mol. The number of nitrogens with two attached hydrogens (primary N) is 1. The van der Waals surface area contributed by atoms with E-state index < -0.39 is 0 Å². The van der Waals surface area contributed by atoms with Gasteiger partial charge in [-0.25, -0.2) is 0 Å². The van der Waals surface area contributed by atoms with Crippen LogP contribution in [0, 0.1) is 0 Å². The summed E-state index contributed by atoms with van der Waals surface area (Å²) in [6, 6.07) is 4.47. The molecule has 1 rings (SSSR count). The van der Waals surface area contributed by atoms with E-state index in [2.05, 4.69) is 32.9 Å². The maximum atomic E-state index is 5.91. The molecule has 0 aromatic carbocycles. The fourth-order valence-corrected chi connectivity index (χ4v) is 3.27. The first-order chi connectivity index (χ1) is 6.51. The van der Waals surface area contributed by atoms with Crippen molar-refractivity contribution in [2.75, 3.05) is 5.75 Å². The zero-order chi connectivity index (χ0) is 10.6. The number of thiophene rings is 1. The third-order valence-electron chi connectivity index (χ3n) is 1.78. The first-order valence-electron chi connectivity index (χ1n) is 4.95. The van der Waals surface area contributed by atoms with Crippen LogP contribution in [0.2, 0.25) is 0 Å². The quantitative estimate of drug-likeness (QED) is 0.838. The molecule has 1 nitrogen and oxygen atoms in total. The Hall–Kier alpha value is 0.01000. The second kappa shape index (κ2) is 5.19. The highest BCUT2D eigenvalue weighted by Gasteiger charge is 2.10. The van der Waals surface area contributed by atoms with Crippen LogP contribution in [-0.4, -0.2) is 11.3 Å². The van der Waals surface area contributed by atoms with Gasteiger partial charge in [0, 0.05) is 26.8 Å². The highest BCUT2D eigenvalue weighted by Crippen LogP contribution is 2.23. The summed E-state index contributed by atoms with van der Waals surface area (Å²) in [5.74, 6) is 2.12. The maximum Gasteiger partial charge on any atom is 0.0279 e. The Morgan fingerprint density at radius 3 is 2.50 bits per heavy atom. The van der Waals surface area contributed by atoms with Gasteiger partial charge in [0.05, 0.1) is 0 Å². The van der Waals surface area contributed by atoms with Crippen LogP contribution in [0.5, 0.6) is 0 Å². The highest BCUT2D eigenvalue weighted by molar-refractivity contribution is 7.98. The number of aryl methyl sites for hydroxylation is 1. The van der Waals surface area contributed by atoms with Crippen molar-refractivity contribution in [3.63, 3.8) is 0 Å². The molecule has 3 heteroatoms. The summed E-state index contributed by atoms with van der Waals surface area (Å²) < 4.78 is 0. The Labute approximate surface area is 95.1 Å². The molecule has 0 amide bonds. The molecule has 14 heavy (non-hydrogen) atoms. The van der Waals surface area contributed by atoms with Crippen LogP contribution in [0.1, 0.15) is 30.5 Å². The van der Waals surface area contributed by atoms with Crippen LogP contribution in [0.3, 0.4) is 0 Å². The van der Waals surface area contributed by atoms with Gasteiger partial charge >= 0.3 is 0 Å². The number of hydrogen-bond donors (Lipinski definition) is 1. The highest BCUT2D eigenvalue weighted by atomic mass is 32.2. The van der Waals surface area contributed by atoms with Gasteiger partial charge < -0.3 is 5.73 Å². The second-order valence-corrected chi connectivity index (χ2v) is 6.44. The van der Waals surface area contributed by atoms with E-state index in [4.69, 9.17) is 5.73 Å². The minimum Gasteiger partial charge on any atom is -0.325 e. The van der Waals surface area contributed by atoms with Crippen molar-refractivity contribution in [2.24, 2.45) is 5.73 Å². The predicted molar refractivity (Wildman–Crippen MR) is 68.1 cm³/mol. The zero-order valence-electron chi connectivity index (χ0n) is 9.17. The summed E-state index contributed by atoms with van der Waals surface area (Å²) >= 11 is 3.84. The van der Waals surface area contributed by atoms with Crippen LogP contribution in [0.15, 0.2) is 12.1 Å². The molecule has 0 aliphatic carbocycles. The molecule has 0 atom stereocenters. The van der Waals surface area contributed by atoms with E-state index in [0.717, 1.165) is 17.9 Å². The Morgan fingerprint density at radius 2 is 2.00 bits per heavy atom. The second-order valence-electron chi connectivity index (χ2n) is 4.20. The van der Waals surface area contributed by atoms with Crippen LogP contribution >= 0.6 is 23.1 Å². The van der Waals surface area contributed by atoms with Gasteiger partial charge in [-0.1, -0.05) is 6.92 Å². The molecule has 0 spiro atoms. The van der Waals surface area contributed by atoms with Crippen LogP contribution in [0.4, 0.5) is 0 Å². The van der Waals surface area contributed by atoms with Crippen molar-refractivity contribution in [3.05, 3.63) is 21.9 Å². The number of thioether (sulfide) groups is 1. The van der Waals surface area contributed by atoms with Gasteiger partial charge in [0.25, 0.3) is 0 Å². The van der Waals surface area contributed by atoms with E-state index in [0.29, 0.717) is 0 Å². The summed E-state index contributed by atoms with van der Waals surface area (Å²) in [6.45, 7) is 6.35. The van der Waals surface area contributed by atoms with Gasteiger partial charge in [0.15, 0.2) is 0 Å². The molecule has 1 aromatic rings. The van der Waals surface area contributed by atoms with Crippen molar-refractivity contribution < 1.29 is 0 Å². The molecule has 1 aromatic heterocycles.